The summed E-state index contributed by atoms with van der Waals surface area (Å²) in [7, 11) is 0. The zero-order valence-electron chi connectivity index (χ0n) is 20.3. The number of morpholine rings is 1. The van der Waals surface area contributed by atoms with Crippen molar-refractivity contribution in [2.75, 3.05) is 41.9 Å². The van der Waals surface area contributed by atoms with Crippen molar-refractivity contribution in [3.63, 3.8) is 0 Å². The van der Waals surface area contributed by atoms with E-state index in [1.165, 1.54) is 5.56 Å². The quantitative estimate of drug-likeness (QED) is 0.389. The predicted octanol–water partition coefficient (Wildman–Crippen LogP) is 3.41. The first-order valence-corrected chi connectivity index (χ1v) is 12.1. The van der Waals surface area contributed by atoms with Gasteiger partial charge in [-0.25, -0.2) is 0 Å². The van der Waals surface area contributed by atoms with Crippen LogP contribution < -0.4 is 15.6 Å². The molecule has 3 aromatic carbocycles. The molecule has 2 N–H and O–H groups in total. The fourth-order valence-electron chi connectivity index (χ4n) is 4.52. The molecule has 37 heavy (non-hydrogen) atoms. The van der Waals surface area contributed by atoms with Crippen LogP contribution in [0.15, 0.2) is 60.7 Å². The lowest BCUT2D eigenvalue weighted by Crippen LogP contribution is -2.45. The van der Waals surface area contributed by atoms with Crippen molar-refractivity contribution in [3.05, 3.63) is 82.9 Å². The van der Waals surface area contributed by atoms with E-state index in [2.05, 4.69) is 25.7 Å². The number of benzene rings is 3. The summed E-state index contributed by atoms with van der Waals surface area (Å²) in [6.07, 6.45) is 0. The van der Waals surface area contributed by atoms with Crippen LogP contribution in [0.25, 0.3) is 10.8 Å². The Hall–Kier alpha value is -4.57. The highest BCUT2D eigenvalue weighted by molar-refractivity contribution is 6.25. The van der Waals surface area contributed by atoms with Gasteiger partial charge in [0.1, 0.15) is 0 Å². The van der Waals surface area contributed by atoms with Crippen LogP contribution in [0.5, 0.6) is 0 Å². The van der Waals surface area contributed by atoms with Gasteiger partial charge in [-0.1, -0.05) is 54.1 Å². The number of hydrogen-bond donors (Lipinski definition) is 2. The van der Waals surface area contributed by atoms with Gasteiger partial charge in [-0.15, -0.1) is 0 Å². The molecule has 0 spiro atoms. The lowest BCUT2D eigenvalue weighted by atomic mass is 9.95. The SMILES string of the molecule is Cc1ccc(CNc2nc(NN3C(=O)c4cccc5cccc(c45)C3=O)nc(N3CCOCC3)n2)cc1. The fraction of sp³-hybridized carbons (Fsp3) is 0.222. The summed E-state index contributed by atoms with van der Waals surface area (Å²) >= 11 is 0. The Kier molecular flexibility index (Phi) is 5.85. The van der Waals surface area contributed by atoms with E-state index >= 15 is 0 Å². The van der Waals surface area contributed by atoms with E-state index in [9.17, 15) is 9.59 Å². The molecule has 1 aromatic heterocycles. The second kappa shape index (κ2) is 9.47. The highest BCUT2D eigenvalue weighted by Gasteiger charge is 2.34. The van der Waals surface area contributed by atoms with Crippen LogP contribution in [0.3, 0.4) is 0 Å². The van der Waals surface area contributed by atoms with Gasteiger partial charge >= 0.3 is 0 Å². The number of carbonyl (C=O) groups excluding carboxylic acids is 2. The van der Waals surface area contributed by atoms with E-state index in [1.807, 2.05) is 48.2 Å². The van der Waals surface area contributed by atoms with Crippen LogP contribution in [0, 0.1) is 6.92 Å². The van der Waals surface area contributed by atoms with Crippen molar-refractivity contribution in [1.82, 2.24) is 20.0 Å². The van der Waals surface area contributed by atoms with Crippen molar-refractivity contribution in [2.24, 2.45) is 0 Å². The summed E-state index contributed by atoms with van der Waals surface area (Å²) in [5, 5.41) is 5.71. The third kappa shape index (κ3) is 4.43. The molecule has 0 bridgehead atoms. The zero-order valence-corrected chi connectivity index (χ0v) is 20.3. The van der Waals surface area contributed by atoms with Gasteiger partial charge in [0.05, 0.1) is 24.3 Å². The minimum atomic E-state index is -0.461. The standard InChI is InChI=1S/C27H25N7O3/c1-17-8-10-18(11-9-17)16-28-25-29-26(31-27(30-25)33-12-14-37-15-13-33)32-34-23(35)20-6-2-4-19-5-3-7-21(22(19)20)24(34)36/h2-11H,12-16H2,1H3,(H2,28,29,30,31,32). The molecule has 10 heteroatoms. The average molecular weight is 496 g/mol. The predicted molar refractivity (Wildman–Crippen MR) is 139 cm³/mol. The Bertz CT molecular complexity index is 1450. The molecule has 3 heterocycles. The Balaban J connectivity index is 1.32. The Morgan fingerprint density at radius 3 is 2.16 bits per heavy atom. The first kappa shape index (κ1) is 22.9. The maximum Gasteiger partial charge on any atom is 0.280 e. The second-order valence-electron chi connectivity index (χ2n) is 8.99. The number of amides is 2. The van der Waals surface area contributed by atoms with E-state index in [-0.39, 0.29) is 5.95 Å². The molecule has 0 unspecified atom stereocenters. The molecule has 0 saturated carbocycles. The van der Waals surface area contributed by atoms with Crippen molar-refractivity contribution < 1.29 is 14.3 Å². The maximum atomic E-state index is 13.4. The first-order chi connectivity index (χ1) is 18.1. The van der Waals surface area contributed by atoms with Crippen LogP contribution in [-0.4, -0.2) is 58.1 Å². The molecule has 1 saturated heterocycles. The first-order valence-electron chi connectivity index (χ1n) is 12.1. The highest BCUT2D eigenvalue weighted by Crippen LogP contribution is 2.30. The number of hydrazine groups is 1. The largest absolute Gasteiger partial charge is 0.378 e. The van der Waals surface area contributed by atoms with Gasteiger partial charge in [0.25, 0.3) is 11.8 Å². The fourth-order valence-corrected chi connectivity index (χ4v) is 4.52. The monoisotopic (exact) mass is 495 g/mol. The Morgan fingerprint density at radius 1 is 0.838 bits per heavy atom. The minimum absolute atomic E-state index is 0.0937. The van der Waals surface area contributed by atoms with Gasteiger partial charge < -0.3 is 15.0 Å². The number of hydrogen-bond acceptors (Lipinski definition) is 9. The van der Waals surface area contributed by atoms with Crippen molar-refractivity contribution in [1.29, 1.82) is 0 Å². The molecule has 1 fully saturated rings. The van der Waals surface area contributed by atoms with Gasteiger partial charge in [-0.3, -0.25) is 15.0 Å². The van der Waals surface area contributed by atoms with E-state index in [0.29, 0.717) is 61.3 Å². The van der Waals surface area contributed by atoms with Crippen molar-refractivity contribution >= 4 is 40.4 Å². The summed E-state index contributed by atoms with van der Waals surface area (Å²) in [5.41, 5.74) is 6.00. The molecule has 4 aromatic rings. The molecule has 2 amide bonds. The van der Waals surface area contributed by atoms with Crippen molar-refractivity contribution in [3.8, 4) is 0 Å². The van der Waals surface area contributed by atoms with Crippen molar-refractivity contribution in [2.45, 2.75) is 13.5 Å². The van der Waals surface area contributed by atoms with Crippen LogP contribution >= 0.6 is 0 Å². The van der Waals surface area contributed by atoms with Gasteiger partial charge in [0.2, 0.25) is 17.8 Å². The molecule has 6 rings (SSSR count). The number of ether oxygens (including phenoxy) is 1. The molecule has 0 atom stereocenters. The lowest BCUT2D eigenvalue weighted by molar-refractivity contribution is 0.0647. The van der Waals surface area contributed by atoms with E-state index in [0.717, 1.165) is 16.0 Å². The molecule has 10 nitrogen and oxygen atoms in total. The normalized spacial score (nSPS) is 15.3. The summed E-state index contributed by atoms with van der Waals surface area (Å²) in [6.45, 7) is 4.91. The number of aryl methyl sites for hydroxylation is 1. The third-order valence-corrected chi connectivity index (χ3v) is 6.47. The maximum absolute atomic E-state index is 13.4. The second-order valence-corrected chi connectivity index (χ2v) is 8.99. The lowest BCUT2D eigenvalue weighted by Gasteiger charge is -2.29. The molecule has 2 aliphatic rings. The van der Waals surface area contributed by atoms with Gasteiger partial charge in [-0.2, -0.15) is 20.0 Å². The summed E-state index contributed by atoms with van der Waals surface area (Å²) in [4.78, 5) is 42.3. The summed E-state index contributed by atoms with van der Waals surface area (Å²) < 4.78 is 5.47. The van der Waals surface area contributed by atoms with Crippen LogP contribution in [0.4, 0.5) is 17.8 Å². The number of aromatic nitrogens is 3. The Morgan fingerprint density at radius 2 is 1.49 bits per heavy atom. The molecule has 186 valence electrons. The number of carbonyl (C=O) groups is 2. The van der Waals surface area contributed by atoms with E-state index in [1.54, 1.807) is 24.3 Å². The zero-order chi connectivity index (χ0) is 25.4. The molecular formula is C27H25N7O3. The molecule has 0 radical (unpaired) electrons. The van der Waals surface area contributed by atoms with Crippen LogP contribution in [-0.2, 0) is 11.3 Å². The van der Waals surface area contributed by atoms with Crippen LogP contribution in [0.2, 0.25) is 0 Å². The van der Waals surface area contributed by atoms with Gasteiger partial charge in [-0.05, 0) is 30.0 Å². The summed E-state index contributed by atoms with van der Waals surface area (Å²) in [5.74, 6) is -0.0599. The number of anilines is 3. The topological polar surface area (TPSA) is 113 Å². The van der Waals surface area contributed by atoms with Crippen LogP contribution in [0.1, 0.15) is 31.8 Å². The number of nitrogens with zero attached hydrogens (tertiary/aromatic N) is 5. The number of imide groups is 1. The third-order valence-electron chi connectivity index (χ3n) is 6.47. The number of nitrogens with one attached hydrogen (secondary N) is 2. The van der Waals surface area contributed by atoms with Gasteiger partial charge in [0.15, 0.2) is 0 Å². The van der Waals surface area contributed by atoms with Gasteiger partial charge in [0, 0.05) is 25.0 Å². The highest BCUT2D eigenvalue weighted by atomic mass is 16.5. The van der Waals surface area contributed by atoms with E-state index in [4.69, 9.17) is 4.74 Å². The summed E-state index contributed by atoms with van der Waals surface area (Å²) in [6, 6.07) is 19.0. The van der Waals surface area contributed by atoms with E-state index < -0.39 is 11.8 Å². The average Bonchev–Trinajstić information content (AvgIpc) is 2.94. The minimum Gasteiger partial charge on any atom is -0.378 e. The molecular weight excluding hydrogens is 470 g/mol. The smallest absolute Gasteiger partial charge is 0.280 e. The molecule has 2 aliphatic heterocycles. The Labute approximate surface area is 213 Å². The molecule has 0 aliphatic carbocycles. The number of rotatable bonds is 6.